The van der Waals surface area contributed by atoms with Crippen molar-refractivity contribution in [3.63, 3.8) is 0 Å². The van der Waals surface area contributed by atoms with Gasteiger partial charge in [-0.3, -0.25) is 0 Å². The van der Waals surface area contributed by atoms with Crippen LogP contribution in [0.2, 0.25) is 0 Å². The van der Waals surface area contributed by atoms with Crippen molar-refractivity contribution in [2.75, 3.05) is 49.6 Å². The Morgan fingerprint density at radius 2 is 1.73 bits per heavy atom. The van der Waals surface area contributed by atoms with E-state index in [1.54, 1.807) is 0 Å². The lowest BCUT2D eigenvalue weighted by molar-refractivity contribution is 0.313. The molecule has 0 aliphatic carbocycles. The first-order valence-corrected chi connectivity index (χ1v) is 5.25. The largest absolute Gasteiger partial charge is 0.399 e. The molecule has 4 N–H and O–H groups in total. The van der Waals surface area contributed by atoms with Gasteiger partial charge in [0.1, 0.15) is 0 Å². The van der Waals surface area contributed by atoms with Crippen molar-refractivity contribution in [2.45, 2.75) is 0 Å². The van der Waals surface area contributed by atoms with Gasteiger partial charge in [-0.2, -0.15) is 0 Å². The fourth-order valence-corrected chi connectivity index (χ4v) is 1.91. The van der Waals surface area contributed by atoms with Gasteiger partial charge in [0.25, 0.3) is 0 Å². The second-order valence-corrected chi connectivity index (χ2v) is 4.11. The molecule has 0 unspecified atom stereocenters. The number of benzene rings is 1. The molecule has 1 heterocycles. The average molecular weight is 206 g/mol. The molecule has 1 fully saturated rings. The van der Waals surface area contributed by atoms with Crippen molar-refractivity contribution in [3.05, 3.63) is 18.2 Å². The van der Waals surface area contributed by atoms with Gasteiger partial charge >= 0.3 is 0 Å². The third kappa shape index (κ3) is 2.15. The minimum Gasteiger partial charge on any atom is -0.399 e. The molecule has 2 rings (SSSR count). The maximum absolute atomic E-state index is 5.95. The summed E-state index contributed by atoms with van der Waals surface area (Å²) in [6, 6.07) is 5.74. The highest BCUT2D eigenvalue weighted by molar-refractivity contribution is 5.72. The third-order valence-corrected chi connectivity index (χ3v) is 2.90. The topological polar surface area (TPSA) is 58.5 Å². The Kier molecular flexibility index (Phi) is 2.68. The molecule has 1 aromatic rings. The molecule has 0 radical (unpaired) electrons. The van der Waals surface area contributed by atoms with E-state index in [4.69, 9.17) is 11.5 Å². The molecule has 0 bridgehead atoms. The normalized spacial score (nSPS) is 18.1. The van der Waals surface area contributed by atoms with Gasteiger partial charge in [-0.15, -0.1) is 0 Å². The lowest BCUT2D eigenvalue weighted by Gasteiger charge is -2.34. The molecule has 1 saturated heterocycles. The highest BCUT2D eigenvalue weighted by Gasteiger charge is 2.15. The van der Waals surface area contributed by atoms with Gasteiger partial charge in [-0.25, -0.2) is 0 Å². The number of likely N-dealkylation sites (N-methyl/N-ethyl adjacent to an activating group) is 1. The van der Waals surface area contributed by atoms with Crippen LogP contribution in [0, 0.1) is 0 Å². The molecule has 1 aliphatic heterocycles. The van der Waals surface area contributed by atoms with E-state index in [-0.39, 0.29) is 0 Å². The van der Waals surface area contributed by atoms with E-state index in [1.807, 2.05) is 18.2 Å². The summed E-state index contributed by atoms with van der Waals surface area (Å²) < 4.78 is 0. The van der Waals surface area contributed by atoms with Gasteiger partial charge in [-0.05, 0) is 25.2 Å². The predicted octanol–water partition coefficient (Wildman–Crippen LogP) is 0.603. The molecule has 1 aromatic carbocycles. The van der Waals surface area contributed by atoms with Gasteiger partial charge in [0.15, 0.2) is 0 Å². The lowest BCUT2D eigenvalue weighted by atomic mass is 10.2. The van der Waals surface area contributed by atoms with Crippen molar-refractivity contribution in [1.29, 1.82) is 0 Å². The summed E-state index contributed by atoms with van der Waals surface area (Å²) in [7, 11) is 2.14. The number of piperazine rings is 1. The van der Waals surface area contributed by atoms with Gasteiger partial charge in [0.2, 0.25) is 0 Å². The van der Waals surface area contributed by atoms with Crippen LogP contribution in [-0.4, -0.2) is 38.1 Å². The van der Waals surface area contributed by atoms with Crippen LogP contribution < -0.4 is 16.4 Å². The van der Waals surface area contributed by atoms with Crippen LogP contribution in [0.1, 0.15) is 0 Å². The zero-order valence-electron chi connectivity index (χ0n) is 9.11. The zero-order valence-corrected chi connectivity index (χ0v) is 9.11. The van der Waals surface area contributed by atoms with Crippen LogP contribution in [0.5, 0.6) is 0 Å². The van der Waals surface area contributed by atoms with E-state index in [0.29, 0.717) is 0 Å². The molecule has 82 valence electrons. The summed E-state index contributed by atoms with van der Waals surface area (Å²) in [6.45, 7) is 4.24. The van der Waals surface area contributed by atoms with Crippen molar-refractivity contribution in [2.24, 2.45) is 0 Å². The molecule has 0 amide bonds. The number of anilines is 3. The van der Waals surface area contributed by atoms with E-state index >= 15 is 0 Å². The van der Waals surface area contributed by atoms with Crippen molar-refractivity contribution < 1.29 is 0 Å². The van der Waals surface area contributed by atoms with Crippen LogP contribution in [-0.2, 0) is 0 Å². The molecular formula is C11H18N4. The van der Waals surface area contributed by atoms with E-state index < -0.39 is 0 Å². The van der Waals surface area contributed by atoms with Gasteiger partial charge in [0.05, 0.1) is 11.4 Å². The lowest BCUT2D eigenvalue weighted by Crippen LogP contribution is -2.44. The first-order valence-electron chi connectivity index (χ1n) is 5.25. The Morgan fingerprint density at radius 3 is 2.33 bits per heavy atom. The zero-order chi connectivity index (χ0) is 10.8. The van der Waals surface area contributed by atoms with Crippen LogP contribution in [0.25, 0.3) is 0 Å². The van der Waals surface area contributed by atoms with Crippen molar-refractivity contribution >= 4 is 17.1 Å². The first-order chi connectivity index (χ1) is 7.16. The average Bonchev–Trinajstić information content (AvgIpc) is 2.20. The fourth-order valence-electron chi connectivity index (χ4n) is 1.91. The van der Waals surface area contributed by atoms with Crippen LogP contribution in [0.3, 0.4) is 0 Å². The summed E-state index contributed by atoms with van der Waals surface area (Å²) >= 11 is 0. The molecule has 4 heteroatoms. The summed E-state index contributed by atoms with van der Waals surface area (Å²) in [5, 5.41) is 0. The highest BCUT2D eigenvalue weighted by Crippen LogP contribution is 2.25. The summed E-state index contributed by atoms with van der Waals surface area (Å²) in [5.41, 5.74) is 14.2. The van der Waals surface area contributed by atoms with Crippen LogP contribution >= 0.6 is 0 Å². The van der Waals surface area contributed by atoms with E-state index in [0.717, 1.165) is 43.2 Å². The second-order valence-electron chi connectivity index (χ2n) is 4.11. The van der Waals surface area contributed by atoms with Gasteiger partial charge in [0, 0.05) is 31.9 Å². The summed E-state index contributed by atoms with van der Waals surface area (Å²) in [6.07, 6.45) is 0. The minimum atomic E-state index is 0.727. The van der Waals surface area contributed by atoms with Gasteiger partial charge in [-0.1, -0.05) is 0 Å². The summed E-state index contributed by atoms with van der Waals surface area (Å²) in [5.74, 6) is 0. The van der Waals surface area contributed by atoms with Crippen molar-refractivity contribution in [1.82, 2.24) is 4.90 Å². The standard InChI is InChI=1S/C11H18N4/c1-14-4-6-15(7-5-14)11-3-2-9(12)8-10(11)13/h2-3,8H,4-7,12-13H2,1H3. The highest BCUT2D eigenvalue weighted by atomic mass is 15.2. The Morgan fingerprint density at radius 1 is 1.07 bits per heavy atom. The minimum absolute atomic E-state index is 0.727. The summed E-state index contributed by atoms with van der Waals surface area (Å²) in [4.78, 5) is 4.64. The van der Waals surface area contributed by atoms with Crippen LogP contribution in [0.4, 0.5) is 17.1 Å². The molecule has 0 spiro atoms. The Hall–Kier alpha value is -1.42. The fraction of sp³-hybridized carbons (Fsp3) is 0.455. The number of hydrogen-bond acceptors (Lipinski definition) is 4. The quantitative estimate of drug-likeness (QED) is 0.661. The number of nitrogens with two attached hydrogens (primary N) is 2. The van der Waals surface area contributed by atoms with E-state index in [9.17, 15) is 0 Å². The molecule has 4 nitrogen and oxygen atoms in total. The SMILES string of the molecule is CN1CCN(c2ccc(N)cc2N)CC1. The number of nitrogen functional groups attached to an aromatic ring is 2. The Labute approximate surface area is 90.4 Å². The number of rotatable bonds is 1. The maximum atomic E-state index is 5.95. The molecule has 15 heavy (non-hydrogen) atoms. The molecule has 1 aliphatic rings. The monoisotopic (exact) mass is 206 g/mol. The Balaban J connectivity index is 2.15. The first kappa shape index (κ1) is 10.1. The second kappa shape index (κ2) is 3.98. The molecule has 0 aromatic heterocycles. The van der Waals surface area contributed by atoms with Crippen LogP contribution in [0.15, 0.2) is 18.2 Å². The van der Waals surface area contributed by atoms with Gasteiger partial charge < -0.3 is 21.3 Å². The van der Waals surface area contributed by atoms with E-state index in [2.05, 4.69) is 16.8 Å². The molecular weight excluding hydrogens is 188 g/mol. The Bertz CT molecular complexity index is 342. The number of nitrogens with zero attached hydrogens (tertiary/aromatic N) is 2. The molecule has 0 saturated carbocycles. The maximum Gasteiger partial charge on any atom is 0.0602 e. The smallest absolute Gasteiger partial charge is 0.0602 e. The number of hydrogen-bond donors (Lipinski definition) is 2. The third-order valence-electron chi connectivity index (χ3n) is 2.90. The van der Waals surface area contributed by atoms with E-state index in [1.165, 1.54) is 0 Å². The predicted molar refractivity (Wildman–Crippen MR) is 65.0 cm³/mol. The molecule has 0 atom stereocenters. The van der Waals surface area contributed by atoms with Crippen molar-refractivity contribution in [3.8, 4) is 0 Å².